The molecule has 2 aromatic carbocycles. The van der Waals surface area contributed by atoms with E-state index < -0.39 is 0 Å². The molecule has 0 aliphatic heterocycles. The summed E-state index contributed by atoms with van der Waals surface area (Å²) in [6.45, 7) is 0. The number of carbonyl (C=O) groups is 1. The van der Waals surface area contributed by atoms with Crippen LogP contribution in [0.1, 0.15) is 16.8 Å². The van der Waals surface area contributed by atoms with Gasteiger partial charge < -0.3 is 0 Å². The van der Waals surface area contributed by atoms with Crippen molar-refractivity contribution in [2.24, 2.45) is 0 Å². The van der Waals surface area contributed by atoms with E-state index in [1.807, 2.05) is 54.6 Å². The van der Waals surface area contributed by atoms with Crippen LogP contribution in [-0.4, -0.2) is 5.78 Å². The van der Waals surface area contributed by atoms with Crippen molar-refractivity contribution < 1.29 is 4.79 Å². The molecule has 0 aliphatic rings. The Morgan fingerprint density at radius 1 is 0.882 bits per heavy atom. The van der Waals surface area contributed by atoms with Gasteiger partial charge in [0.1, 0.15) is 0 Å². The smallest absolute Gasteiger partial charge is 0.174 e. The van der Waals surface area contributed by atoms with Crippen LogP contribution in [0.3, 0.4) is 0 Å². The van der Waals surface area contributed by atoms with Crippen LogP contribution in [0.2, 0.25) is 0 Å². The summed E-state index contributed by atoms with van der Waals surface area (Å²) >= 11 is 0. The van der Waals surface area contributed by atoms with Gasteiger partial charge in [-0.15, -0.1) is 6.42 Å². The van der Waals surface area contributed by atoms with E-state index in [0.717, 1.165) is 0 Å². The highest BCUT2D eigenvalue weighted by Crippen LogP contribution is 2.01. The average molecular weight is 222 g/mol. The molecule has 0 spiro atoms. The molecule has 0 unspecified atom stereocenters. The van der Waals surface area contributed by atoms with Gasteiger partial charge in [-0.25, -0.2) is 0 Å². The monoisotopic (exact) mass is 222 g/mol. The molecule has 0 saturated heterocycles. The Bertz CT molecular complexity index is 439. The molecule has 0 heterocycles. The molecule has 17 heavy (non-hydrogen) atoms. The Morgan fingerprint density at radius 3 is 1.71 bits per heavy atom. The maximum absolute atomic E-state index is 11.1. The number of hydrogen-bond acceptors (Lipinski definition) is 1. The molecule has 0 fully saturated rings. The van der Waals surface area contributed by atoms with Gasteiger partial charge in [-0.3, -0.25) is 4.79 Å². The molecular formula is C16H14O. The van der Waals surface area contributed by atoms with Gasteiger partial charge in [0.05, 0.1) is 6.42 Å². The van der Waals surface area contributed by atoms with E-state index in [9.17, 15) is 4.79 Å². The minimum absolute atomic E-state index is 0.00750. The molecule has 1 heteroatoms. The summed E-state index contributed by atoms with van der Waals surface area (Å²) in [6.07, 6.45) is 5.18. The van der Waals surface area contributed by atoms with E-state index in [1.165, 1.54) is 0 Å². The lowest BCUT2D eigenvalue weighted by Gasteiger charge is -1.93. The van der Waals surface area contributed by atoms with Gasteiger partial charge in [-0.2, -0.15) is 0 Å². The van der Waals surface area contributed by atoms with Gasteiger partial charge >= 0.3 is 0 Å². The van der Waals surface area contributed by atoms with Crippen LogP contribution in [0.25, 0.3) is 0 Å². The fourth-order valence-electron chi connectivity index (χ4n) is 1.20. The molecular weight excluding hydrogens is 208 g/mol. The van der Waals surface area contributed by atoms with Gasteiger partial charge in [0.15, 0.2) is 5.78 Å². The number of ketones is 1. The van der Waals surface area contributed by atoms with E-state index in [2.05, 4.69) is 5.92 Å². The average Bonchev–Trinajstić information content (AvgIpc) is 2.43. The Labute approximate surface area is 102 Å². The number of terminal acetylenes is 1. The molecule has 84 valence electrons. The summed E-state index contributed by atoms with van der Waals surface area (Å²) in [6, 6.07) is 21.0. The lowest BCUT2D eigenvalue weighted by molar-refractivity contribution is 0.0998. The summed E-state index contributed by atoms with van der Waals surface area (Å²) in [5.74, 6) is 2.32. The van der Waals surface area contributed by atoms with Crippen molar-refractivity contribution in [3.63, 3.8) is 0 Å². The first-order valence-electron chi connectivity index (χ1n) is 5.36. The molecule has 0 radical (unpaired) electrons. The molecule has 2 rings (SSSR count). The van der Waals surface area contributed by atoms with Crippen molar-refractivity contribution in [1.29, 1.82) is 0 Å². The minimum Gasteiger partial charge on any atom is -0.293 e. The molecule has 1 nitrogen and oxygen atoms in total. The first-order chi connectivity index (χ1) is 8.34. The van der Waals surface area contributed by atoms with E-state index in [0.29, 0.717) is 5.56 Å². The molecule has 0 saturated carbocycles. The van der Waals surface area contributed by atoms with Crippen LogP contribution in [0, 0.1) is 12.3 Å². The molecule has 0 N–H and O–H groups in total. The third kappa shape index (κ3) is 5.34. The molecule has 0 aliphatic carbocycles. The number of hydrogen-bond donors (Lipinski definition) is 0. The van der Waals surface area contributed by atoms with E-state index in [4.69, 9.17) is 6.42 Å². The summed E-state index contributed by atoms with van der Waals surface area (Å²) in [4.78, 5) is 11.1. The summed E-state index contributed by atoms with van der Waals surface area (Å²) in [7, 11) is 0. The fourth-order valence-corrected chi connectivity index (χ4v) is 1.20. The molecule has 0 aromatic heterocycles. The van der Waals surface area contributed by atoms with Crippen LogP contribution in [-0.2, 0) is 0 Å². The first-order valence-corrected chi connectivity index (χ1v) is 5.36. The third-order valence-electron chi connectivity index (χ3n) is 2.03. The molecule has 2 aromatic rings. The standard InChI is InChI=1S/C10H8O.C6H6/c1-2-6-10(11)9-7-4-3-5-8-9;1-2-4-6-5-3-1/h1,3-5,7-8H,6H2;1-6H. The largest absolute Gasteiger partial charge is 0.293 e. The van der Waals surface area contributed by atoms with Crippen LogP contribution in [0.4, 0.5) is 0 Å². The number of carbonyl (C=O) groups excluding carboxylic acids is 1. The van der Waals surface area contributed by atoms with Crippen LogP contribution in [0.15, 0.2) is 66.7 Å². The van der Waals surface area contributed by atoms with E-state index >= 15 is 0 Å². The van der Waals surface area contributed by atoms with Crippen LogP contribution in [0.5, 0.6) is 0 Å². The van der Waals surface area contributed by atoms with Crippen LogP contribution >= 0.6 is 0 Å². The maximum atomic E-state index is 11.1. The van der Waals surface area contributed by atoms with Crippen molar-refractivity contribution in [3.05, 3.63) is 72.3 Å². The van der Waals surface area contributed by atoms with Gasteiger partial charge in [-0.1, -0.05) is 72.7 Å². The highest BCUT2D eigenvalue weighted by Gasteiger charge is 2.00. The second kappa shape index (κ2) is 7.90. The van der Waals surface area contributed by atoms with Crippen molar-refractivity contribution in [3.8, 4) is 12.3 Å². The normalized spacial score (nSPS) is 8.41. The fraction of sp³-hybridized carbons (Fsp3) is 0.0625. The third-order valence-corrected chi connectivity index (χ3v) is 2.03. The Balaban J connectivity index is 0.000000202. The topological polar surface area (TPSA) is 17.1 Å². The highest BCUT2D eigenvalue weighted by molar-refractivity contribution is 5.97. The zero-order valence-electron chi connectivity index (χ0n) is 9.54. The van der Waals surface area contributed by atoms with Gasteiger partial charge in [-0.05, 0) is 0 Å². The van der Waals surface area contributed by atoms with Crippen molar-refractivity contribution in [1.82, 2.24) is 0 Å². The highest BCUT2D eigenvalue weighted by atomic mass is 16.1. The van der Waals surface area contributed by atoms with Crippen molar-refractivity contribution in [2.75, 3.05) is 0 Å². The number of rotatable bonds is 2. The Kier molecular flexibility index (Phi) is 5.92. The predicted octanol–water partition coefficient (Wildman–Crippen LogP) is 3.58. The SMILES string of the molecule is C#CCC(=O)c1ccccc1.c1ccccc1. The second-order valence-electron chi connectivity index (χ2n) is 3.32. The van der Waals surface area contributed by atoms with Gasteiger partial charge in [0, 0.05) is 5.56 Å². The molecule has 0 bridgehead atoms. The Hall–Kier alpha value is -2.33. The zero-order chi connectivity index (χ0) is 12.3. The lowest BCUT2D eigenvalue weighted by atomic mass is 10.1. The zero-order valence-corrected chi connectivity index (χ0v) is 9.54. The quantitative estimate of drug-likeness (QED) is 0.560. The summed E-state index contributed by atoms with van der Waals surface area (Å²) in [5.41, 5.74) is 0.686. The van der Waals surface area contributed by atoms with Gasteiger partial charge in [0.25, 0.3) is 0 Å². The predicted molar refractivity (Wildman–Crippen MR) is 70.7 cm³/mol. The number of benzene rings is 2. The summed E-state index contributed by atoms with van der Waals surface area (Å²) in [5, 5.41) is 0. The number of Topliss-reactive ketones (excluding diaryl/α,β-unsaturated/α-hetero) is 1. The van der Waals surface area contributed by atoms with Gasteiger partial charge in [0.2, 0.25) is 0 Å². The van der Waals surface area contributed by atoms with E-state index in [1.54, 1.807) is 12.1 Å². The molecule has 0 atom stereocenters. The summed E-state index contributed by atoms with van der Waals surface area (Å²) < 4.78 is 0. The molecule has 0 amide bonds. The van der Waals surface area contributed by atoms with Crippen molar-refractivity contribution >= 4 is 5.78 Å². The maximum Gasteiger partial charge on any atom is 0.174 e. The lowest BCUT2D eigenvalue weighted by Crippen LogP contribution is -1.95. The van der Waals surface area contributed by atoms with E-state index in [-0.39, 0.29) is 12.2 Å². The van der Waals surface area contributed by atoms with Crippen LogP contribution < -0.4 is 0 Å². The minimum atomic E-state index is 0.00750. The Morgan fingerprint density at radius 2 is 1.29 bits per heavy atom. The van der Waals surface area contributed by atoms with Crippen molar-refractivity contribution in [2.45, 2.75) is 6.42 Å². The first kappa shape index (κ1) is 12.7. The second-order valence-corrected chi connectivity index (χ2v) is 3.32.